The summed E-state index contributed by atoms with van der Waals surface area (Å²) >= 11 is 0. The normalized spacial score (nSPS) is 11.8. The average molecular weight is 1110 g/mol. The van der Waals surface area contributed by atoms with Gasteiger partial charge in [0.1, 0.15) is 0 Å². The maximum Gasteiger partial charge on any atom is 0.330 e. The van der Waals surface area contributed by atoms with Crippen molar-refractivity contribution < 1.29 is 42.0 Å². The van der Waals surface area contributed by atoms with E-state index < -0.39 is 7.60 Å². The van der Waals surface area contributed by atoms with Crippen LogP contribution in [-0.2, 0) is 13.6 Å². The molecule has 0 aromatic heterocycles. The van der Waals surface area contributed by atoms with Gasteiger partial charge in [0.2, 0.25) is 0 Å². The summed E-state index contributed by atoms with van der Waals surface area (Å²) in [6, 6.07) is 13.5. The van der Waals surface area contributed by atoms with E-state index in [1.165, 1.54) is 128 Å². The van der Waals surface area contributed by atoms with E-state index in [1.54, 1.807) is 0 Å². The van der Waals surface area contributed by atoms with E-state index in [-0.39, 0.29) is 0 Å². The topological polar surface area (TPSA) is 90.9 Å². The van der Waals surface area contributed by atoms with Crippen molar-refractivity contribution in [3.8, 4) is 34.5 Å². The molecule has 9 nitrogen and oxygen atoms in total. The first kappa shape index (κ1) is 67.1. The summed E-state index contributed by atoms with van der Waals surface area (Å²) in [5, 5.41) is 6.68. The van der Waals surface area contributed by atoms with Gasteiger partial charge in [-0.2, -0.15) is 0 Å². The second kappa shape index (κ2) is 42.5. The molecule has 4 aromatic carbocycles. The lowest BCUT2D eigenvalue weighted by molar-refractivity contribution is 0.219. The Labute approximate surface area is 476 Å². The van der Waals surface area contributed by atoms with Crippen LogP contribution in [-0.4, -0.2) is 59.0 Å². The van der Waals surface area contributed by atoms with Crippen LogP contribution in [0, 0.1) is 0 Å². The highest BCUT2D eigenvalue weighted by Gasteiger charge is 2.23. The van der Waals surface area contributed by atoms with Gasteiger partial charge in [-0.1, -0.05) is 208 Å². The largest absolute Gasteiger partial charge is 0.490 e. The van der Waals surface area contributed by atoms with E-state index in [0.29, 0.717) is 59.0 Å². The lowest BCUT2D eigenvalue weighted by Crippen LogP contribution is -2.05. The predicted octanol–water partition coefficient (Wildman–Crippen LogP) is 22.0. The molecule has 0 N–H and O–H groups in total. The lowest BCUT2D eigenvalue weighted by Gasteiger charge is -2.21. The third kappa shape index (κ3) is 25.6. The van der Waals surface area contributed by atoms with Crippen LogP contribution in [0.25, 0.3) is 32.3 Å². The average Bonchev–Trinajstić information content (AvgIpc) is 3.58. The van der Waals surface area contributed by atoms with Gasteiger partial charge < -0.3 is 37.5 Å². The minimum atomic E-state index is -2.90. The van der Waals surface area contributed by atoms with Crippen LogP contribution in [0.4, 0.5) is 0 Å². The molecule has 78 heavy (non-hydrogen) atoms. The minimum absolute atomic E-state index is 0.440. The Morgan fingerprint density at radius 1 is 0.256 bits per heavy atom. The molecule has 10 heteroatoms. The van der Waals surface area contributed by atoms with Gasteiger partial charge in [-0.3, -0.25) is 4.57 Å². The van der Waals surface area contributed by atoms with Gasteiger partial charge in [-0.25, -0.2) is 0 Å². The number of ether oxygens (including phenoxy) is 6. The predicted molar refractivity (Wildman–Crippen MR) is 333 cm³/mol. The molecule has 0 saturated carbocycles. The zero-order valence-electron chi connectivity index (χ0n) is 51.0. The molecule has 0 aliphatic carbocycles. The Morgan fingerprint density at radius 3 is 0.628 bits per heavy atom. The van der Waals surface area contributed by atoms with Crippen molar-refractivity contribution >= 4 is 39.9 Å². The Bertz CT molecular complexity index is 2150. The number of benzene rings is 4. The molecule has 0 heterocycles. The summed E-state index contributed by atoms with van der Waals surface area (Å²) in [5.74, 6) is 4.85. The Kier molecular flexibility index (Phi) is 36.5. The SMILES string of the molecule is CCCCCCOc1cc2c3cc(OCCCCCC)c(OCCCCCC)cc3c3cc(OCCCCCCCCCCCCCCCCP(=O)(OCC)OCC)c(OCCCCCC)cc3c2cc1OCCCCCC. The van der Waals surface area contributed by atoms with Gasteiger partial charge in [-0.15, -0.1) is 0 Å². The van der Waals surface area contributed by atoms with Crippen molar-refractivity contribution in [2.24, 2.45) is 0 Å². The second-order valence-electron chi connectivity index (χ2n) is 22.0. The molecule has 0 fully saturated rings. The molecule has 444 valence electrons. The molecule has 0 radical (unpaired) electrons. The lowest BCUT2D eigenvalue weighted by atomic mass is 9.93. The summed E-state index contributed by atoms with van der Waals surface area (Å²) in [6.45, 7) is 19.8. The number of hydrogen-bond donors (Lipinski definition) is 0. The van der Waals surface area contributed by atoms with Crippen LogP contribution in [0.3, 0.4) is 0 Å². The highest BCUT2D eigenvalue weighted by molar-refractivity contribution is 7.53. The van der Waals surface area contributed by atoms with Gasteiger partial charge in [0, 0.05) is 0 Å². The van der Waals surface area contributed by atoms with Crippen LogP contribution in [0.1, 0.15) is 267 Å². The highest BCUT2D eigenvalue weighted by atomic mass is 31.2. The van der Waals surface area contributed by atoms with Gasteiger partial charge in [0.15, 0.2) is 34.5 Å². The van der Waals surface area contributed by atoms with Crippen LogP contribution in [0.2, 0.25) is 0 Å². The monoisotopic (exact) mass is 1100 g/mol. The Hall–Kier alpha value is -3.39. The molecule has 0 bridgehead atoms. The number of rotatable bonds is 52. The summed E-state index contributed by atoms with van der Waals surface area (Å²) in [5.41, 5.74) is 0. The number of fused-ring (bicyclic) bond motifs is 6. The van der Waals surface area contributed by atoms with Crippen molar-refractivity contribution in [3.05, 3.63) is 36.4 Å². The first-order valence-electron chi connectivity index (χ1n) is 32.6. The van der Waals surface area contributed by atoms with Crippen molar-refractivity contribution in [2.75, 3.05) is 59.0 Å². The maximum absolute atomic E-state index is 12.7. The smallest absolute Gasteiger partial charge is 0.330 e. The maximum atomic E-state index is 12.7. The summed E-state index contributed by atoms with van der Waals surface area (Å²) in [4.78, 5) is 0. The van der Waals surface area contributed by atoms with E-state index in [0.717, 1.165) is 157 Å². The van der Waals surface area contributed by atoms with E-state index in [1.807, 2.05) is 13.8 Å². The Morgan fingerprint density at radius 2 is 0.436 bits per heavy atom. The van der Waals surface area contributed by atoms with Gasteiger partial charge in [-0.05, 0) is 128 Å². The summed E-state index contributed by atoms with van der Waals surface area (Å²) < 4.78 is 64.0. The summed E-state index contributed by atoms with van der Waals surface area (Å²) in [6.07, 6.45) is 40.4. The van der Waals surface area contributed by atoms with E-state index in [9.17, 15) is 4.57 Å². The standard InChI is InChI=1S/C68H113O9P/c1-8-15-20-37-44-70-63-51-57-58-52-64(71-45-38-21-16-9-2)66(73-47-40-23-18-11-4)54-60(58)62-56-68(67(74-48-41-24-19-12-5)55-61(62)59(57)53-65(63)72-46-39-22-17-10-3)75-49-42-35-33-31-29-27-25-26-28-30-32-34-36-43-50-78(69,76-13-6)77-14-7/h51-56H,8-50H2,1-7H3. The molecular formula is C68H113O9P. The minimum Gasteiger partial charge on any atom is -0.490 e. The molecular weight excluding hydrogens is 992 g/mol. The van der Waals surface area contributed by atoms with Gasteiger partial charge in [0.05, 0.1) is 59.0 Å². The van der Waals surface area contributed by atoms with Gasteiger partial charge >= 0.3 is 7.60 Å². The van der Waals surface area contributed by atoms with Crippen LogP contribution in [0.5, 0.6) is 34.5 Å². The zero-order chi connectivity index (χ0) is 55.7. The van der Waals surface area contributed by atoms with Crippen molar-refractivity contribution in [1.29, 1.82) is 0 Å². The molecule has 0 amide bonds. The first-order chi connectivity index (χ1) is 38.4. The molecule has 4 rings (SSSR count). The Balaban J connectivity index is 1.57. The molecule has 0 unspecified atom stereocenters. The fourth-order valence-electron chi connectivity index (χ4n) is 10.5. The van der Waals surface area contributed by atoms with E-state index in [2.05, 4.69) is 71.0 Å². The fourth-order valence-corrected chi connectivity index (χ4v) is 12.2. The number of unbranched alkanes of at least 4 members (excludes halogenated alkanes) is 28. The van der Waals surface area contributed by atoms with E-state index >= 15 is 0 Å². The molecule has 0 aliphatic heterocycles. The quantitative estimate of drug-likeness (QED) is 0.0244. The third-order valence-corrected chi connectivity index (χ3v) is 17.3. The first-order valence-corrected chi connectivity index (χ1v) is 34.3. The van der Waals surface area contributed by atoms with Crippen molar-refractivity contribution in [3.63, 3.8) is 0 Å². The fraction of sp³-hybridized carbons (Fsp3) is 0.735. The van der Waals surface area contributed by atoms with Crippen LogP contribution < -0.4 is 28.4 Å². The second-order valence-corrected chi connectivity index (χ2v) is 24.2. The molecule has 0 atom stereocenters. The molecule has 4 aromatic rings. The van der Waals surface area contributed by atoms with Crippen molar-refractivity contribution in [1.82, 2.24) is 0 Å². The molecule has 0 aliphatic rings. The van der Waals surface area contributed by atoms with Crippen molar-refractivity contribution in [2.45, 2.75) is 267 Å². The summed E-state index contributed by atoms with van der Waals surface area (Å²) in [7, 11) is -2.90. The van der Waals surface area contributed by atoms with Crippen LogP contribution >= 0.6 is 7.60 Å². The van der Waals surface area contributed by atoms with E-state index in [4.69, 9.17) is 37.5 Å². The zero-order valence-corrected chi connectivity index (χ0v) is 51.9. The number of hydrogen-bond acceptors (Lipinski definition) is 9. The van der Waals surface area contributed by atoms with Crippen LogP contribution in [0.15, 0.2) is 36.4 Å². The molecule has 0 spiro atoms. The third-order valence-electron chi connectivity index (χ3n) is 15.1. The highest BCUT2D eigenvalue weighted by Crippen LogP contribution is 2.49. The molecule has 0 saturated heterocycles. The van der Waals surface area contributed by atoms with Gasteiger partial charge in [0.25, 0.3) is 0 Å².